The third kappa shape index (κ3) is 1.88. The summed E-state index contributed by atoms with van der Waals surface area (Å²) in [6.07, 6.45) is 1.65. The van der Waals surface area contributed by atoms with Gasteiger partial charge in [-0.3, -0.25) is 9.69 Å². The Morgan fingerprint density at radius 3 is 2.48 bits per heavy atom. The van der Waals surface area contributed by atoms with Crippen molar-refractivity contribution in [3.63, 3.8) is 0 Å². The lowest BCUT2D eigenvalue weighted by Gasteiger charge is -2.23. The van der Waals surface area contributed by atoms with Crippen molar-refractivity contribution in [3.05, 3.63) is 84.3 Å². The molecule has 0 bridgehead atoms. The van der Waals surface area contributed by atoms with Gasteiger partial charge in [-0.15, -0.1) is 0 Å². The summed E-state index contributed by atoms with van der Waals surface area (Å²) in [6, 6.07) is 21.7. The number of rotatable bonds is 1. The molecule has 4 aromatic rings. The van der Waals surface area contributed by atoms with Crippen molar-refractivity contribution in [1.82, 2.24) is 9.97 Å². The number of amidine groups is 1. The van der Waals surface area contributed by atoms with Gasteiger partial charge in [0, 0.05) is 10.9 Å². The van der Waals surface area contributed by atoms with Gasteiger partial charge in [0.2, 0.25) is 0 Å². The van der Waals surface area contributed by atoms with Gasteiger partial charge in [0.25, 0.3) is 5.91 Å². The summed E-state index contributed by atoms with van der Waals surface area (Å²) in [7, 11) is 0. The average molecular weight is 348 g/mol. The first-order valence-electron chi connectivity index (χ1n) is 8.69. The van der Waals surface area contributed by atoms with Crippen LogP contribution in [0.5, 0.6) is 0 Å². The van der Waals surface area contributed by atoms with Crippen molar-refractivity contribution in [2.75, 3.05) is 4.90 Å². The maximum Gasteiger partial charge on any atom is 0.285 e. The zero-order chi connectivity index (χ0) is 18.0. The van der Waals surface area contributed by atoms with Gasteiger partial charge >= 0.3 is 0 Å². The second kappa shape index (κ2) is 5.08. The molecule has 0 atom stereocenters. The molecule has 0 saturated heterocycles. The third-order valence-corrected chi connectivity index (χ3v) is 5.00. The fourth-order valence-electron chi connectivity index (χ4n) is 3.78. The quantitative estimate of drug-likeness (QED) is 0.514. The highest BCUT2D eigenvalue weighted by Gasteiger charge is 2.40. The van der Waals surface area contributed by atoms with Gasteiger partial charge in [-0.2, -0.15) is 0 Å². The SMILES string of the molecule is O=C1c2ncc(-c3ccccc3)nc2C2=Nc3cccc4cccc(c34)N12. The van der Waals surface area contributed by atoms with E-state index < -0.39 is 0 Å². The second-order valence-corrected chi connectivity index (χ2v) is 6.55. The van der Waals surface area contributed by atoms with E-state index in [0.717, 1.165) is 33.4 Å². The molecule has 1 aromatic heterocycles. The third-order valence-electron chi connectivity index (χ3n) is 5.00. The fraction of sp³-hybridized carbons (Fsp3) is 0. The maximum absolute atomic E-state index is 13.1. The first kappa shape index (κ1) is 14.3. The van der Waals surface area contributed by atoms with Crippen LogP contribution in [-0.2, 0) is 0 Å². The van der Waals surface area contributed by atoms with Crippen LogP contribution in [0, 0.1) is 0 Å². The normalized spacial score (nSPS) is 14.1. The highest BCUT2D eigenvalue weighted by Crippen LogP contribution is 2.42. The van der Waals surface area contributed by atoms with Crippen LogP contribution in [-0.4, -0.2) is 21.7 Å². The van der Waals surface area contributed by atoms with Gasteiger partial charge < -0.3 is 0 Å². The van der Waals surface area contributed by atoms with Gasteiger partial charge in [0.05, 0.1) is 23.3 Å². The molecule has 5 nitrogen and oxygen atoms in total. The zero-order valence-corrected chi connectivity index (χ0v) is 14.1. The van der Waals surface area contributed by atoms with Crippen molar-refractivity contribution >= 4 is 33.9 Å². The molecule has 1 amide bonds. The van der Waals surface area contributed by atoms with Crippen molar-refractivity contribution in [1.29, 1.82) is 0 Å². The zero-order valence-electron chi connectivity index (χ0n) is 14.1. The first-order chi connectivity index (χ1) is 13.3. The number of nitrogens with zero attached hydrogens (tertiary/aromatic N) is 4. The van der Waals surface area contributed by atoms with Crippen LogP contribution in [0.15, 0.2) is 77.9 Å². The van der Waals surface area contributed by atoms with Crippen LogP contribution >= 0.6 is 0 Å². The van der Waals surface area contributed by atoms with E-state index in [4.69, 9.17) is 9.98 Å². The van der Waals surface area contributed by atoms with Gasteiger partial charge in [-0.1, -0.05) is 54.6 Å². The van der Waals surface area contributed by atoms with E-state index in [1.807, 2.05) is 66.7 Å². The van der Waals surface area contributed by atoms with Crippen LogP contribution < -0.4 is 4.90 Å². The number of hydrogen-bond acceptors (Lipinski definition) is 4. The Bertz CT molecular complexity index is 1290. The number of amides is 1. The maximum atomic E-state index is 13.1. The molecule has 0 unspecified atom stereocenters. The van der Waals surface area contributed by atoms with Crippen molar-refractivity contribution in [2.45, 2.75) is 0 Å². The number of carbonyl (C=O) groups is 1. The molecule has 0 fully saturated rings. The van der Waals surface area contributed by atoms with Crippen molar-refractivity contribution < 1.29 is 4.79 Å². The summed E-state index contributed by atoms with van der Waals surface area (Å²) in [6.45, 7) is 0. The van der Waals surface area contributed by atoms with Gasteiger partial charge in [0.15, 0.2) is 11.5 Å². The summed E-state index contributed by atoms with van der Waals surface area (Å²) in [4.78, 5) is 28.6. The number of carbonyl (C=O) groups excluding carboxylic acids is 1. The molecule has 27 heavy (non-hydrogen) atoms. The molecule has 0 aliphatic carbocycles. The number of anilines is 1. The molecule has 3 heterocycles. The minimum atomic E-state index is -0.183. The molecule has 0 N–H and O–H groups in total. The molecule has 0 saturated carbocycles. The monoisotopic (exact) mass is 348 g/mol. The Hall–Kier alpha value is -3.86. The van der Waals surface area contributed by atoms with Crippen LogP contribution in [0.1, 0.15) is 16.2 Å². The molecule has 6 rings (SSSR count). The van der Waals surface area contributed by atoms with Gasteiger partial charge in [0.1, 0.15) is 5.69 Å². The Morgan fingerprint density at radius 1 is 0.815 bits per heavy atom. The van der Waals surface area contributed by atoms with Gasteiger partial charge in [-0.25, -0.2) is 15.0 Å². The minimum Gasteiger partial charge on any atom is -0.266 e. The fourth-order valence-corrected chi connectivity index (χ4v) is 3.78. The second-order valence-electron chi connectivity index (χ2n) is 6.55. The predicted molar refractivity (Wildman–Crippen MR) is 104 cm³/mol. The summed E-state index contributed by atoms with van der Waals surface area (Å²) < 4.78 is 0. The smallest absolute Gasteiger partial charge is 0.266 e. The lowest BCUT2D eigenvalue weighted by atomic mass is 10.0. The molecular formula is C22H12N4O. The molecule has 2 aliphatic heterocycles. The molecule has 5 heteroatoms. The standard InChI is InChI=1S/C22H12N4O/c27-22-20-19(24-16(12-23-20)13-6-2-1-3-7-13)21-25-15-10-4-8-14-9-5-11-17(18(14)15)26(21)22/h1-12H. The van der Waals surface area contributed by atoms with Crippen LogP contribution in [0.2, 0.25) is 0 Å². The number of benzene rings is 3. The first-order valence-corrected chi connectivity index (χ1v) is 8.69. The lowest BCUT2D eigenvalue weighted by Crippen LogP contribution is -2.31. The van der Waals surface area contributed by atoms with E-state index in [0.29, 0.717) is 17.2 Å². The number of aromatic nitrogens is 2. The van der Waals surface area contributed by atoms with E-state index in [1.165, 1.54) is 0 Å². The number of fused-ring (bicyclic) bond motifs is 4. The molecule has 0 radical (unpaired) electrons. The largest absolute Gasteiger partial charge is 0.285 e. The van der Waals surface area contributed by atoms with E-state index in [9.17, 15) is 4.79 Å². The Morgan fingerprint density at radius 2 is 1.63 bits per heavy atom. The molecule has 3 aromatic carbocycles. The number of aliphatic imine (C=N–C) groups is 1. The van der Waals surface area contributed by atoms with Crippen LogP contribution in [0.4, 0.5) is 11.4 Å². The highest BCUT2D eigenvalue weighted by atomic mass is 16.2. The summed E-state index contributed by atoms with van der Waals surface area (Å²) in [5.41, 5.74) is 4.24. The molecule has 0 spiro atoms. The van der Waals surface area contributed by atoms with Crippen LogP contribution in [0.3, 0.4) is 0 Å². The molecule has 126 valence electrons. The Labute approximate surface area is 154 Å². The summed E-state index contributed by atoms with van der Waals surface area (Å²) >= 11 is 0. The predicted octanol–water partition coefficient (Wildman–Crippen LogP) is 4.35. The molecular weight excluding hydrogens is 336 g/mol. The van der Waals surface area contributed by atoms with Crippen molar-refractivity contribution in [3.8, 4) is 11.3 Å². The Balaban J connectivity index is 1.62. The van der Waals surface area contributed by atoms with E-state index in [1.54, 1.807) is 11.1 Å². The highest BCUT2D eigenvalue weighted by molar-refractivity contribution is 6.38. The van der Waals surface area contributed by atoms with E-state index >= 15 is 0 Å². The van der Waals surface area contributed by atoms with E-state index in [-0.39, 0.29) is 5.91 Å². The minimum absolute atomic E-state index is 0.183. The average Bonchev–Trinajstić information content (AvgIpc) is 3.01. The topological polar surface area (TPSA) is 58.5 Å². The lowest BCUT2D eigenvalue weighted by molar-refractivity contribution is 0.100. The summed E-state index contributed by atoms with van der Waals surface area (Å²) in [5, 5.41) is 2.04. The number of hydrogen-bond donors (Lipinski definition) is 0. The Kier molecular flexibility index (Phi) is 2.69. The van der Waals surface area contributed by atoms with E-state index in [2.05, 4.69) is 4.98 Å². The van der Waals surface area contributed by atoms with Crippen LogP contribution in [0.25, 0.3) is 22.0 Å². The molecule has 2 aliphatic rings. The van der Waals surface area contributed by atoms with Crippen molar-refractivity contribution in [2.24, 2.45) is 4.99 Å². The summed E-state index contributed by atoms with van der Waals surface area (Å²) in [5.74, 6) is 0.365. The van der Waals surface area contributed by atoms with Gasteiger partial charge in [-0.05, 0) is 17.5 Å².